The second-order valence-corrected chi connectivity index (χ2v) is 11.4. The largest absolute Gasteiger partial charge is 0.179 e. The number of thiol groups is 2. The summed E-state index contributed by atoms with van der Waals surface area (Å²) in [7, 11) is 0. The number of rotatable bonds is 17. The zero-order valence-electron chi connectivity index (χ0n) is 21.7. The van der Waals surface area contributed by atoms with Crippen LogP contribution >= 0.6 is 25.3 Å². The molecule has 0 bridgehead atoms. The fraction of sp³-hybridized carbons (Fsp3) is 0.625. The standard InChI is InChI=1S/C32H48S2/c1-2-17-26(18-13-11-9-7-5-3-4-6-8-10-12-16-23-33)27-21-22-30-31(24-27)29-20-15-14-19-28(29)25-32(30)34/h19-22,24-26,33-34H,2-18,23H2,1H3. The van der Waals surface area contributed by atoms with Gasteiger partial charge in [0.05, 0.1) is 0 Å². The van der Waals surface area contributed by atoms with Crippen LogP contribution in [0.3, 0.4) is 0 Å². The number of hydrogen-bond donors (Lipinski definition) is 2. The van der Waals surface area contributed by atoms with Gasteiger partial charge < -0.3 is 0 Å². The average molecular weight is 497 g/mol. The van der Waals surface area contributed by atoms with Crippen LogP contribution in [0.25, 0.3) is 22.9 Å². The third-order valence-corrected chi connectivity index (χ3v) is 8.35. The first-order valence-corrected chi connectivity index (χ1v) is 15.4. The molecule has 1 aliphatic rings. The number of unbranched alkanes of at least 4 members (excludes halogenated alkanes) is 11. The molecule has 0 fully saturated rings. The first-order chi connectivity index (χ1) is 16.7. The van der Waals surface area contributed by atoms with Gasteiger partial charge in [0.2, 0.25) is 0 Å². The van der Waals surface area contributed by atoms with Gasteiger partial charge in [-0.25, -0.2) is 0 Å². The van der Waals surface area contributed by atoms with E-state index in [2.05, 4.69) is 56.0 Å². The summed E-state index contributed by atoms with van der Waals surface area (Å²) in [6.45, 7) is 2.34. The summed E-state index contributed by atoms with van der Waals surface area (Å²) in [5.41, 5.74) is 1.55. The van der Waals surface area contributed by atoms with Crippen LogP contribution in [0.2, 0.25) is 0 Å². The third kappa shape index (κ3) is 8.66. The molecule has 0 spiro atoms. The molecule has 1 aliphatic carbocycles. The monoisotopic (exact) mass is 496 g/mol. The highest BCUT2D eigenvalue weighted by Gasteiger charge is 2.13. The van der Waals surface area contributed by atoms with Crippen LogP contribution in [0.4, 0.5) is 0 Å². The van der Waals surface area contributed by atoms with Crippen molar-refractivity contribution in [1.82, 2.24) is 0 Å². The summed E-state index contributed by atoms with van der Waals surface area (Å²) in [6, 6.07) is 9.48. The van der Waals surface area contributed by atoms with Crippen LogP contribution in [0.15, 0.2) is 29.2 Å². The fourth-order valence-corrected chi connectivity index (χ4v) is 6.24. The van der Waals surface area contributed by atoms with Gasteiger partial charge in [0.25, 0.3) is 0 Å². The lowest BCUT2D eigenvalue weighted by molar-refractivity contribution is 0.503. The van der Waals surface area contributed by atoms with Crippen molar-refractivity contribution in [1.29, 1.82) is 0 Å². The maximum atomic E-state index is 4.81. The van der Waals surface area contributed by atoms with Gasteiger partial charge in [-0.2, -0.15) is 12.6 Å². The maximum Gasteiger partial charge on any atom is 0.0125 e. The van der Waals surface area contributed by atoms with Gasteiger partial charge in [0, 0.05) is 4.90 Å². The van der Waals surface area contributed by atoms with Crippen molar-refractivity contribution >= 4 is 48.2 Å². The van der Waals surface area contributed by atoms with E-state index in [0.717, 1.165) is 23.5 Å². The molecule has 0 amide bonds. The zero-order chi connectivity index (χ0) is 24.0. The summed E-state index contributed by atoms with van der Waals surface area (Å²) in [6.07, 6.45) is 27.9. The highest BCUT2D eigenvalue weighted by molar-refractivity contribution is 7.80. The van der Waals surface area contributed by atoms with Crippen molar-refractivity contribution in [2.45, 2.75) is 127 Å². The topological polar surface area (TPSA) is 0 Å². The van der Waals surface area contributed by atoms with Gasteiger partial charge in [0.15, 0.2) is 0 Å². The van der Waals surface area contributed by atoms with Gasteiger partial charge in [0.1, 0.15) is 0 Å². The minimum Gasteiger partial charge on any atom is -0.179 e. The van der Waals surface area contributed by atoms with Gasteiger partial charge in [-0.15, -0.1) is 12.6 Å². The molecule has 0 heterocycles. The van der Waals surface area contributed by atoms with Crippen LogP contribution in [0, 0.1) is 0 Å². The van der Waals surface area contributed by atoms with Gasteiger partial charge in [-0.1, -0.05) is 114 Å². The van der Waals surface area contributed by atoms with Crippen LogP contribution in [-0.4, -0.2) is 5.75 Å². The highest BCUT2D eigenvalue weighted by atomic mass is 32.1. The minimum atomic E-state index is 0.698. The Hall–Kier alpha value is -0.860. The normalized spacial score (nSPS) is 14.0. The van der Waals surface area contributed by atoms with Crippen molar-refractivity contribution in [3.63, 3.8) is 0 Å². The van der Waals surface area contributed by atoms with Crippen LogP contribution in [0.1, 0.15) is 128 Å². The van der Waals surface area contributed by atoms with Crippen molar-refractivity contribution in [3.05, 3.63) is 40.3 Å². The molecule has 0 saturated carbocycles. The Bertz CT molecular complexity index is 975. The number of fused-ring (bicyclic) bond motifs is 3. The molecule has 2 aromatic rings. The average Bonchev–Trinajstić information content (AvgIpc) is 2.86. The molecule has 0 nitrogen and oxygen atoms in total. The lowest BCUT2D eigenvalue weighted by Gasteiger charge is -2.18. The molecule has 34 heavy (non-hydrogen) atoms. The van der Waals surface area contributed by atoms with Crippen molar-refractivity contribution < 1.29 is 0 Å². The molecular formula is C32H48S2. The van der Waals surface area contributed by atoms with Crippen LogP contribution < -0.4 is 10.4 Å². The second-order valence-electron chi connectivity index (χ2n) is 10.4. The van der Waals surface area contributed by atoms with Crippen LogP contribution in [0.5, 0.6) is 0 Å². The van der Waals surface area contributed by atoms with Crippen LogP contribution in [-0.2, 0) is 0 Å². The summed E-state index contributed by atoms with van der Waals surface area (Å²) < 4.78 is 0. The first-order valence-electron chi connectivity index (χ1n) is 14.3. The van der Waals surface area contributed by atoms with E-state index in [9.17, 15) is 0 Å². The maximum absolute atomic E-state index is 4.81. The molecule has 3 rings (SSSR count). The molecule has 0 aliphatic heterocycles. The van der Waals surface area contributed by atoms with Gasteiger partial charge >= 0.3 is 0 Å². The Morgan fingerprint density at radius 2 is 1.32 bits per heavy atom. The second kappa shape index (κ2) is 16.0. The smallest absolute Gasteiger partial charge is 0.0125 e. The van der Waals surface area contributed by atoms with Crippen molar-refractivity contribution in [2.24, 2.45) is 0 Å². The lowest BCUT2D eigenvalue weighted by atomic mass is 9.87. The molecule has 0 N–H and O–H groups in total. The van der Waals surface area contributed by atoms with Crippen molar-refractivity contribution in [2.75, 3.05) is 5.75 Å². The first kappa shape index (κ1) is 27.7. The molecule has 2 aromatic carbocycles. The van der Waals surface area contributed by atoms with E-state index in [1.807, 2.05) is 0 Å². The highest BCUT2D eigenvalue weighted by Crippen LogP contribution is 2.30. The number of hydrogen-bond acceptors (Lipinski definition) is 2. The molecule has 1 unspecified atom stereocenters. The van der Waals surface area contributed by atoms with E-state index < -0.39 is 0 Å². The Kier molecular flexibility index (Phi) is 13.0. The Balaban J connectivity index is 1.43. The quantitative estimate of drug-likeness (QED) is 0.158. The fourth-order valence-electron chi connectivity index (χ4n) is 5.68. The van der Waals surface area contributed by atoms with E-state index in [4.69, 9.17) is 12.6 Å². The number of benzene rings is 2. The zero-order valence-corrected chi connectivity index (χ0v) is 23.5. The molecule has 1 atom stereocenters. The lowest BCUT2D eigenvalue weighted by Crippen LogP contribution is -2.27. The summed E-state index contributed by atoms with van der Waals surface area (Å²) in [5.74, 6) is 1.75. The Morgan fingerprint density at radius 1 is 0.706 bits per heavy atom. The third-order valence-electron chi connectivity index (χ3n) is 7.66. The molecule has 0 aromatic heterocycles. The molecule has 2 heteroatoms. The van der Waals surface area contributed by atoms with E-state index in [1.54, 1.807) is 5.56 Å². The van der Waals surface area contributed by atoms with Gasteiger partial charge in [-0.05, 0) is 76.6 Å². The van der Waals surface area contributed by atoms with E-state index in [1.165, 1.54) is 118 Å². The summed E-state index contributed by atoms with van der Waals surface area (Å²) in [4.78, 5) is 1.12. The minimum absolute atomic E-state index is 0.698. The molecule has 0 radical (unpaired) electrons. The Labute approximate surface area is 220 Å². The molecule has 188 valence electrons. The SMILES string of the molecule is CCCC(CCCCCCCCCCCCCCS)c1ccc2c(S)cc3c(c2c1)=CCCC=3. The van der Waals surface area contributed by atoms with Crippen molar-refractivity contribution in [3.8, 4) is 0 Å². The Morgan fingerprint density at radius 3 is 1.97 bits per heavy atom. The van der Waals surface area contributed by atoms with E-state index in [0.29, 0.717) is 5.92 Å². The van der Waals surface area contributed by atoms with Gasteiger partial charge in [-0.3, -0.25) is 0 Å². The predicted molar refractivity (Wildman–Crippen MR) is 160 cm³/mol. The summed E-state index contributed by atoms with van der Waals surface area (Å²) >= 11 is 9.10. The predicted octanol–water partition coefficient (Wildman–Crippen LogP) is 9.37. The van der Waals surface area contributed by atoms with E-state index in [-0.39, 0.29) is 0 Å². The molecule has 0 saturated heterocycles. The van der Waals surface area contributed by atoms with E-state index >= 15 is 0 Å². The summed E-state index contributed by atoms with van der Waals surface area (Å²) in [5, 5.41) is 5.54. The molecular weight excluding hydrogens is 448 g/mol.